The molecule has 3 rings (SSSR count). The number of hydrogen-bond acceptors (Lipinski definition) is 5. The standard InChI is InChI=1S/C19H19N3O3S/c1-3-17(26-19-22-15-6-4-5-7-16(15)25-19)18(24)21-14-10-8-13(9-11-14)20-12(2)23/h4-11,17H,3H2,1-2H3,(H,20,23)(H,21,24). The van der Waals surface area contributed by atoms with Crippen molar-refractivity contribution in [2.24, 2.45) is 0 Å². The third-order valence-corrected chi connectivity index (χ3v) is 4.86. The molecule has 0 aliphatic carbocycles. The van der Waals surface area contributed by atoms with Crippen molar-refractivity contribution in [2.75, 3.05) is 10.6 Å². The Kier molecular flexibility index (Phi) is 5.58. The highest BCUT2D eigenvalue weighted by Crippen LogP contribution is 2.29. The summed E-state index contributed by atoms with van der Waals surface area (Å²) in [4.78, 5) is 28.0. The summed E-state index contributed by atoms with van der Waals surface area (Å²) in [6.45, 7) is 3.39. The lowest BCUT2D eigenvalue weighted by Crippen LogP contribution is -2.24. The van der Waals surface area contributed by atoms with Crippen LogP contribution >= 0.6 is 11.8 Å². The van der Waals surface area contributed by atoms with Gasteiger partial charge in [-0.25, -0.2) is 4.98 Å². The van der Waals surface area contributed by atoms with Crippen LogP contribution in [0.15, 0.2) is 58.2 Å². The number of benzene rings is 2. The minimum Gasteiger partial charge on any atom is -0.431 e. The third-order valence-electron chi connectivity index (χ3n) is 3.65. The molecule has 26 heavy (non-hydrogen) atoms. The van der Waals surface area contributed by atoms with E-state index in [0.717, 1.165) is 5.52 Å². The van der Waals surface area contributed by atoms with Crippen molar-refractivity contribution in [3.05, 3.63) is 48.5 Å². The molecule has 0 fully saturated rings. The Hall–Kier alpha value is -2.80. The maximum absolute atomic E-state index is 12.6. The number of carbonyl (C=O) groups is 2. The Balaban J connectivity index is 1.65. The van der Waals surface area contributed by atoms with Gasteiger partial charge in [-0.15, -0.1) is 0 Å². The Morgan fingerprint density at radius 2 is 1.73 bits per heavy atom. The molecule has 0 saturated heterocycles. The first-order chi connectivity index (χ1) is 12.5. The van der Waals surface area contributed by atoms with Gasteiger partial charge in [-0.2, -0.15) is 0 Å². The molecule has 2 aromatic carbocycles. The molecule has 3 aromatic rings. The molecule has 2 N–H and O–H groups in total. The number of rotatable bonds is 6. The van der Waals surface area contributed by atoms with Crippen molar-refractivity contribution in [1.82, 2.24) is 4.98 Å². The average Bonchev–Trinajstić information content (AvgIpc) is 3.03. The number of fused-ring (bicyclic) bond motifs is 1. The van der Waals surface area contributed by atoms with Crippen molar-refractivity contribution < 1.29 is 14.0 Å². The van der Waals surface area contributed by atoms with Gasteiger partial charge in [0.2, 0.25) is 11.8 Å². The lowest BCUT2D eigenvalue weighted by molar-refractivity contribution is -0.116. The molecule has 0 bridgehead atoms. The molecular weight excluding hydrogens is 350 g/mol. The number of amides is 2. The van der Waals surface area contributed by atoms with Crippen LogP contribution < -0.4 is 10.6 Å². The van der Waals surface area contributed by atoms with Crippen LogP contribution in [-0.4, -0.2) is 22.0 Å². The second-order valence-corrected chi connectivity index (χ2v) is 6.86. The van der Waals surface area contributed by atoms with Gasteiger partial charge in [-0.05, 0) is 42.8 Å². The predicted molar refractivity (Wildman–Crippen MR) is 103 cm³/mol. The van der Waals surface area contributed by atoms with Crippen LogP contribution in [0.5, 0.6) is 0 Å². The summed E-state index contributed by atoms with van der Waals surface area (Å²) >= 11 is 1.31. The zero-order chi connectivity index (χ0) is 18.5. The van der Waals surface area contributed by atoms with Gasteiger partial charge in [0.05, 0.1) is 5.25 Å². The summed E-state index contributed by atoms with van der Waals surface area (Å²) in [5.41, 5.74) is 2.83. The Morgan fingerprint density at radius 3 is 2.35 bits per heavy atom. The van der Waals surface area contributed by atoms with Crippen LogP contribution in [0.4, 0.5) is 11.4 Å². The summed E-state index contributed by atoms with van der Waals surface area (Å²) in [6, 6.07) is 14.5. The molecule has 1 unspecified atom stereocenters. The van der Waals surface area contributed by atoms with Crippen LogP contribution in [0.1, 0.15) is 20.3 Å². The van der Waals surface area contributed by atoms with Crippen molar-refractivity contribution in [1.29, 1.82) is 0 Å². The van der Waals surface area contributed by atoms with Crippen molar-refractivity contribution in [3.63, 3.8) is 0 Å². The average molecular weight is 369 g/mol. The number of oxazole rings is 1. The van der Waals surface area contributed by atoms with E-state index < -0.39 is 0 Å². The quantitative estimate of drug-likeness (QED) is 0.633. The smallest absolute Gasteiger partial charge is 0.257 e. The van der Waals surface area contributed by atoms with E-state index >= 15 is 0 Å². The fraction of sp³-hybridized carbons (Fsp3) is 0.211. The third kappa shape index (κ3) is 4.43. The second-order valence-electron chi connectivity index (χ2n) is 5.71. The molecule has 0 radical (unpaired) electrons. The summed E-state index contributed by atoms with van der Waals surface area (Å²) in [5, 5.41) is 5.73. The van der Waals surface area contributed by atoms with Gasteiger partial charge in [0.1, 0.15) is 5.52 Å². The Morgan fingerprint density at radius 1 is 1.08 bits per heavy atom. The van der Waals surface area contributed by atoms with E-state index in [-0.39, 0.29) is 17.1 Å². The maximum Gasteiger partial charge on any atom is 0.257 e. The topological polar surface area (TPSA) is 84.2 Å². The minimum atomic E-state index is -0.321. The second kappa shape index (κ2) is 8.05. The van der Waals surface area contributed by atoms with E-state index in [1.54, 1.807) is 24.3 Å². The lowest BCUT2D eigenvalue weighted by Gasteiger charge is -2.13. The van der Waals surface area contributed by atoms with E-state index in [9.17, 15) is 9.59 Å². The molecule has 1 atom stereocenters. The van der Waals surface area contributed by atoms with Gasteiger partial charge in [0.15, 0.2) is 5.58 Å². The molecule has 134 valence electrons. The van der Waals surface area contributed by atoms with E-state index in [1.807, 2.05) is 31.2 Å². The predicted octanol–water partition coefficient (Wildman–Crippen LogP) is 4.30. The van der Waals surface area contributed by atoms with Crippen LogP contribution in [-0.2, 0) is 9.59 Å². The van der Waals surface area contributed by atoms with E-state index in [2.05, 4.69) is 15.6 Å². The number of nitrogens with one attached hydrogen (secondary N) is 2. The number of aromatic nitrogens is 1. The summed E-state index contributed by atoms with van der Waals surface area (Å²) in [6.07, 6.45) is 0.638. The number of hydrogen-bond donors (Lipinski definition) is 2. The summed E-state index contributed by atoms with van der Waals surface area (Å²) in [5.74, 6) is -0.255. The molecule has 2 amide bonds. The largest absolute Gasteiger partial charge is 0.431 e. The number of para-hydroxylation sites is 2. The normalized spacial score (nSPS) is 11.9. The van der Waals surface area contributed by atoms with Gasteiger partial charge in [0.25, 0.3) is 5.22 Å². The zero-order valence-electron chi connectivity index (χ0n) is 14.5. The molecular formula is C19H19N3O3S. The van der Waals surface area contributed by atoms with Crippen molar-refractivity contribution >= 4 is 46.1 Å². The van der Waals surface area contributed by atoms with E-state index in [1.165, 1.54) is 18.7 Å². The van der Waals surface area contributed by atoms with Gasteiger partial charge in [-0.3, -0.25) is 9.59 Å². The van der Waals surface area contributed by atoms with Crippen LogP contribution in [0.25, 0.3) is 11.1 Å². The highest BCUT2D eigenvalue weighted by molar-refractivity contribution is 8.00. The molecule has 0 saturated carbocycles. The summed E-state index contributed by atoms with van der Waals surface area (Å²) in [7, 11) is 0. The maximum atomic E-state index is 12.6. The number of anilines is 2. The molecule has 0 aliphatic rings. The fourth-order valence-corrected chi connectivity index (χ4v) is 3.27. The Bertz CT molecular complexity index is 888. The van der Waals surface area contributed by atoms with Gasteiger partial charge >= 0.3 is 0 Å². The highest BCUT2D eigenvalue weighted by atomic mass is 32.2. The number of nitrogens with zero attached hydrogens (tertiary/aromatic N) is 1. The number of thioether (sulfide) groups is 1. The van der Waals surface area contributed by atoms with Gasteiger partial charge in [-0.1, -0.05) is 30.8 Å². The van der Waals surface area contributed by atoms with Crippen molar-refractivity contribution in [3.8, 4) is 0 Å². The minimum absolute atomic E-state index is 0.118. The first kappa shape index (κ1) is 18.0. The van der Waals surface area contributed by atoms with Crippen molar-refractivity contribution in [2.45, 2.75) is 30.7 Å². The molecule has 1 aromatic heterocycles. The molecule has 0 aliphatic heterocycles. The highest BCUT2D eigenvalue weighted by Gasteiger charge is 2.21. The van der Waals surface area contributed by atoms with E-state index in [0.29, 0.717) is 28.6 Å². The van der Waals surface area contributed by atoms with Gasteiger partial charge < -0.3 is 15.1 Å². The number of carbonyl (C=O) groups excluding carboxylic acids is 2. The van der Waals surface area contributed by atoms with Crippen LogP contribution in [0.3, 0.4) is 0 Å². The monoisotopic (exact) mass is 369 g/mol. The van der Waals surface area contributed by atoms with Crippen LogP contribution in [0.2, 0.25) is 0 Å². The molecule has 7 heteroatoms. The molecule has 6 nitrogen and oxygen atoms in total. The first-order valence-electron chi connectivity index (χ1n) is 8.26. The van der Waals surface area contributed by atoms with Gasteiger partial charge in [0, 0.05) is 18.3 Å². The summed E-state index contributed by atoms with van der Waals surface area (Å²) < 4.78 is 5.69. The molecule has 0 spiro atoms. The fourth-order valence-electron chi connectivity index (χ4n) is 2.41. The molecule has 1 heterocycles. The first-order valence-corrected chi connectivity index (χ1v) is 9.14. The zero-order valence-corrected chi connectivity index (χ0v) is 15.3. The Labute approximate surface area is 155 Å². The lowest BCUT2D eigenvalue weighted by atomic mass is 10.2. The van der Waals surface area contributed by atoms with Crippen LogP contribution in [0, 0.1) is 0 Å². The van der Waals surface area contributed by atoms with E-state index in [4.69, 9.17) is 4.42 Å². The SMILES string of the molecule is CCC(Sc1nc2ccccc2o1)C(=O)Nc1ccc(NC(C)=O)cc1.